The summed E-state index contributed by atoms with van der Waals surface area (Å²) in [5.41, 5.74) is 1.94. The highest BCUT2D eigenvalue weighted by atomic mass is 35.5. The zero-order valence-corrected chi connectivity index (χ0v) is 18.0. The van der Waals surface area contributed by atoms with Crippen LogP contribution in [0.5, 0.6) is 0 Å². The molecule has 31 heavy (non-hydrogen) atoms. The molecule has 0 bridgehead atoms. The van der Waals surface area contributed by atoms with Gasteiger partial charge in [0.25, 0.3) is 5.56 Å². The normalized spacial score (nSPS) is 11.5. The van der Waals surface area contributed by atoms with E-state index in [2.05, 4.69) is 0 Å². The van der Waals surface area contributed by atoms with E-state index in [1.54, 1.807) is 4.57 Å². The average Bonchev–Trinajstić information content (AvgIpc) is 3.14. The highest BCUT2D eigenvalue weighted by Crippen LogP contribution is 2.31. The summed E-state index contributed by atoms with van der Waals surface area (Å²) in [6.07, 6.45) is 0. The number of fused-ring (bicyclic) bond motifs is 3. The van der Waals surface area contributed by atoms with Gasteiger partial charge in [-0.3, -0.25) is 9.36 Å². The van der Waals surface area contributed by atoms with Crippen LogP contribution in [-0.4, -0.2) is 9.13 Å². The number of hydrogen-bond acceptors (Lipinski definition) is 3. The monoisotopic (exact) mass is 450 g/mol. The maximum atomic E-state index is 13.7. The van der Waals surface area contributed by atoms with E-state index < -0.39 is 17.1 Å². The topological polar surface area (TPSA) is 44.0 Å². The summed E-state index contributed by atoms with van der Waals surface area (Å²) >= 11 is 7.28. The van der Waals surface area contributed by atoms with Crippen molar-refractivity contribution in [1.82, 2.24) is 9.13 Å². The number of rotatable bonds is 3. The Kier molecular flexibility index (Phi) is 4.76. The van der Waals surface area contributed by atoms with Gasteiger partial charge >= 0.3 is 5.69 Å². The third-order valence-corrected chi connectivity index (χ3v) is 6.68. The number of aryl methyl sites for hydroxylation is 1. The molecule has 0 atom stereocenters. The van der Waals surface area contributed by atoms with Crippen molar-refractivity contribution in [2.75, 3.05) is 0 Å². The second-order valence-electron chi connectivity index (χ2n) is 7.37. The minimum atomic E-state index is -0.610. The van der Waals surface area contributed by atoms with Crippen molar-refractivity contribution in [2.45, 2.75) is 13.5 Å². The molecular weight excluding hydrogens is 435 g/mol. The van der Waals surface area contributed by atoms with E-state index in [1.807, 2.05) is 55.5 Å². The van der Waals surface area contributed by atoms with E-state index in [1.165, 1.54) is 23.5 Å². The van der Waals surface area contributed by atoms with Crippen molar-refractivity contribution in [3.8, 4) is 5.69 Å². The summed E-state index contributed by atoms with van der Waals surface area (Å²) in [7, 11) is 0. The lowest BCUT2D eigenvalue weighted by Gasteiger charge is -2.13. The highest BCUT2D eigenvalue weighted by Gasteiger charge is 2.20. The molecule has 0 radical (unpaired) electrons. The summed E-state index contributed by atoms with van der Waals surface area (Å²) in [6, 6.07) is 19.4. The Morgan fingerprint density at radius 2 is 1.81 bits per heavy atom. The Morgan fingerprint density at radius 1 is 1.00 bits per heavy atom. The second-order valence-corrected chi connectivity index (χ2v) is 8.83. The fourth-order valence-electron chi connectivity index (χ4n) is 3.84. The van der Waals surface area contributed by atoms with E-state index in [0.29, 0.717) is 16.8 Å². The van der Waals surface area contributed by atoms with Crippen LogP contribution < -0.4 is 11.2 Å². The SMILES string of the molecule is Cc1cccc(Cn2c(=O)n(-c3ccc(F)c(Cl)c3)c(=O)c3sc4ccccc4c32)c1. The lowest BCUT2D eigenvalue weighted by molar-refractivity contribution is 0.627. The van der Waals surface area contributed by atoms with Gasteiger partial charge in [0, 0.05) is 10.1 Å². The number of thiophene rings is 1. The van der Waals surface area contributed by atoms with Crippen molar-refractivity contribution < 1.29 is 4.39 Å². The molecule has 0 fully saturated rings. The Morgan fingerprint density at radius 3 is 2.58 bits per heavy atom. The molecule has 0 amide bonds. The number of nitrogens with zero attached hydrogens (tertiary/aromatic N) is 2. The summed E-state index contributed by atoms with van der Waals surface area (Å²) < 4.78 is 17.8. The van der Waals surface area contributed by atoms with Crippen LogP contribution in [0.15, 0.2) is 76.3 Å². The van der Waals surface area contributed by atoms with Crippen molar-refractivity contribution in [2.24, 2.45) is 0 Å². The molecule has 0 aliphatic carbocycles. The fourth-order valence-corrected chi connectivity index (χ4v) is 5.15. The molecular formula is C24H16ClFN2O2S. The number of benzene rings is 3. The molecule has 5 aromatic rings. The molecule has 154 valence electrons. The molecule has 7 heteroatoms. The average molecular weight is 451 g/mol. The Balaban J connectivity index is 1.89. The molecule has 0 N–H and O–H groups in total. The first-order chi connectivity index (χ1) is 14.9. The quantitative estimate of drug-likeness (QED) is 0.363. The van der Waals surface area contributed by atoms with Crippen LogP contribution in [0, 0.1) is 12.7 Å². The van der Waals surface area contributed by atoms with Crippen molar-refractivity contribution >= 4 is 43.2 Å². The molecule has 0 unspecified atom stereocenters. The van der Waals surface area contributed by atoms with E-state index in [-0.39, 0.29) is 10.7 Å². The van der Waals surface area contributed by atoms with Gasteiger partial charge in [-0.05, 0) is 36.8 Å². The summed E-state index contributed by atoms with van der Waals surface area (Å²) in [5.74, 6) is -0.610. The first-order valence-corrected chi connectivity index (χ1v) is 10.8. The third kappa shape index (κ3) is 3.28. The van der Waals surface area contributed by atoms with E-state index in [9.17, 15) is 14.0 Å². The van der Waals surface area contributed by atoms with Gasteiger partial charge in [-0.25, -0.2) is 13.8 Å². The Labute approximate surface area is 185 Å². The Bertz CT molecular complexity index is 1600. The van der Waals surface area contributed by atoms with Gasteiger partial charge in [0.1, 0.15) is 10.5 Å². The fraction of sp³-hybridized carbons (Fsp3) is 0.0833. The molecule has 0 saturated heterocycles. The molecule has 4 nitrogen and oxygen atoms in total. The van der Waals surface area contributed by atoms with Crippen LogP contribution in [0.4, 0.5) is 4.39 Å². The van der Waals surface area contributed by atoms with Crippen LogP contribution in [0.2, 0.25) is 5.02 Å². The third-order valence-electron chi connectivity index (χ3n) is 5.24. The first-order valence-electron chi connectivity index (χ1n) is 9.62. The van der Waals surface area contributed by atoms with Crippen molar-refractivity contribution in [3.05, 3.63) is 110 Å². The van der Waals surface area contributed by atoms with Gasteiger partial charge in [-0.2, -0.15) is 0 Å². The number of aromatic nitrogens is 2. The molecule has 0 spiro atoms. The second kappa shape index (κ2) is 7.48. The minimum absolute atomic E-state index is 0.148. The maximum absolute atomic E-state index is 13.7. The zero-order chi connectivity index (χ0) is 21.7. The van der Waals surface area contributed by atoms with E-state index in [4.69, 9.17) is 11.6 Å². The van der Waals surface area contributed by atoms with Gasteiger partial charge in [-0.15, -0.1) is 11.3 Å². The van der Waals surface area contributed by atoms with Crippen molar-refractivity contribution in [3.63, 3.8) is 0 Å². The van der Waals surface area contributed by atoms with Gasteiger partial charge in [0.2, 0.25) is 0 Å². The van der Waals surface area contributed by atoms with E-state index in [0.717, 1.165) is 31.8 Å². The smallest absolute Gasteiger partial charge is 0.287 e. The first kappa shape index (κ1) is 19.7. The van der Waals surface area contributed by atoms with Crippen molar-refractivity contribution in [1.29, 1.82) is 0 Å². The minimum Gasteiger partial charge on any atom is -0.287 e. The summed E-state index contributed by atoms with van der Waals surface area (Å²) in [6.45, 7) is 2.29. The molecule has 3 aromatic carbocycles. The molecule has 0 saturated carbocycles. The Hall–Kier alpha value is -3.22. The summed E-state index contributed by atoms with van der Waals surface area (Å²) in [4.78, 5) is 27.0. The maximum Gasteiger partial charge on any atom is 0.336 e. The predicted molar refractivity (Wildman–Crippen MR) is 124 cm³/mol. The lowest BCUT2D eigenvalue weighted by atomic mass is 10.1. The van der Waals surface area contributed by atoms with Crippen LogP contribution in [-0.2, 0) is 6.54 Å². The van der Waals surface area contributed by atoms with Crippen LogP contribution in [0.3, 0.4) is 0 Å². The zero-order valence-electron chi connectivity index (χ0n) is 16.4. The molecule has 2 heterocycles. The molecule has 0 aliphatic heterocycles. The predicted octanol–water partition coefficient (Wildman–Crippen LogP) is 5.52. The largest absolute Gasteiger partial charge is 0.336 e. The lowest BCUT2D eigenvalue weighted by Crippen LogP contribution is -2.38. The van der Waals surface area contributed by atoms with E-state index >= 15 is 0 Å². The van der Waals surface area contributed by atoms with Crippen LogP contribution in [0.1, 0.15) is 11.1 Å². The standard InChI is InChI=1S/C24H16ClFN2O2S/c1-14-5-4-6-15(11-14)13-27-21-17-7-2-3-8-20(17)31-22(21)23(29)28(24(27)30)16-9-10-19(26)18(25)12-16/h2-12H,13H2,1H3. The van der Waals surface area contributed by atoms with Crippen LogP contribution >= 0.6 is 22.9 Å². The van der Waals surface area contributed by atoms with Gasteiger partial charge in [-0.1, -0.05) is 59.6 Å². The summed E-state index contributed by atoms with van der Waals surface area (Å²) in [5, 5.41) is 0.708. The van der Waals surface area contributed by atoms with Crippen LogP contribution in [0.25, 0.3) is 26.0 Å². The number of hydrogen-bond donors (Lipinski definition) is 0. The number of halogens is 2. The highest BCUT2D eigenvalue weighted by molar-refractivity contribution is 7.25. The van der Waals surface area contributed by atoms with Gasteiger partial charge in [0.15, 0.2) is 0 Å². The van der Waals surface area contributed by atoms with Gasteiger partial charge < -0.3 is 0 Å². The molecule has 2 aromatic heterocycles. The van der Waals surface area contributed by atoms with Gasteiger partial charge in [0.05, 0.1) is 22.8 Å². The molecule has 0 aliphatic rings. The molecule has 5 rings (SSSR count).